The zero-order valence-corrected chi connectivity index (χ0v) is 9.10. The zero-order chi connectivity index (χ0) is 11.1. The highest BCUT2D eigenvalue weighted by Gasteiger charge is 2.12. The van der Waals surface area contributed by atoms with Gasteiger partial charge in [0.2, 0.25) is 0 Å². The van der Waals surface area contributed by atoms with Gasteiger partial charge in [-0.25, -0.2) is 0 Å². The van der Waals surface area contributed by atoms with Gasteiger partial charge in [-0.15, -0.1) is 0 Å². The van der Waals surface area contributed by atoms with Gasteiger partial charge in [-0.05, 0) is 12.0 Å². The fourth-order valence-corrected chi connectivity index (χ4v) is 1.27. The second-order valence-corrected chi connectivity index (χ2v) is 3.64. The van der Waals surface area contributed by atoms with Crippen LogP contribution in [-0.4, -0.2) is 23.9 Å². The summed E-state index contributed by atoms with van der Waals surface area (Å²) in [4.78, 5) is 0. The summed E-state index contributed by atoms with van der Waals surface area (Å²) in [6, 6.07) is 9.68. The van der Waals surface area contributed by atoms with E-state index >= 15 is 0 Å². The van der Waals surface area contributed by atoms with Gasteiger partial charge in [-0.1, -0.05) is 37.3 Å². The molecule has 0 spiro atoms. The maximum absolute atomic E-state index is 9.55. The summed E-state index contributed by atoms with van der Waals surface area (Å²) in [5.41, 5.74) is 6.77. The highest BCUT2D eigenvalue weighted by atomic mass is 16.5. The molecular formula is C12H19NO2. The molecule has 0 unspecified atom stereocenters. The molecule has 0 heterocycles. The second-order valence-electron chi connectivity index (χ2n) is 3.64. The number of benzene rings is 1. The van der Waals surface area contributed by atoms with Crippen molar-refractivity contribution in [2.24, 2.45) is 5.73 Å². The van der Waals surface area contributed by atoms with Gasteiger partial charge in [0.25, 0.3) is 0 Å². The monoisotopic (exact) mass is 209 g/mol. The molecule has 3 heteroatoms. The summed E-state index contributed by atoms with van der Waals surface area (Å²) in [6.45, 7) is 2.77. The lowest BCUT2D eigenvalue weighted by Crippen LogP contribution is -2.37. The minimum atomic E-state index is -0.571. The Morgan fingerprint density at radius 1 is 1.33 bits per heavy atom. The fourth-order valence-electron chi connectivity index (χ4n) is 1.27. The van der Waals surface area contributed by atoms with E-state index in [0.717, 1.165) is 12.0 Å². The highest BCUT2D eigenvalue weighted by molar-refractivity contribution is 5.13. The number of hydrogen-bond acceptors (Lipinski definition) is 3. The van der Waals surface area contributed by atoms with E-state index in [1.165, 1.54) is 0 Å². The molecule has 0 aliphatic heterocycles. The minimum Gasteiger partial charge on any atom is -0.389 e. The molecule has 0 aliphatic rings. The highest BCUT2D eigenvalue weighted by Crippen LogP contribution is 2.02. The molecule has 84 valence electrons. The summed E-state index contributed by atoms with van der Waals surface area (Å²) in [6.07, 6.45) is 0.189. The van der Waals surface area contributed by atoms with Crippen LogP contribution in [0.25, 0.3) is 0 Å². The maximum atomic E-state index is 9.55. The van der Waals surface area contributed by atoms with Gasteiger partial charge in [0.1, 0.15) is 0 Å². The van der Waals surface area contributed by atoms with Gasteiger partial charge in [0.05, 0.1) is 19.3 Å². The van der Waals surface area contributed by atoms with Gasteiger partial charge < -0.3 is 15.6 Å². The van der Waals surface area contributed by atoms with Crippen LogP contribution in [-0.2, 0) is 11.3 Å². The van der Waals surface area contributed by atoms with Crippen LogP contribution in [0, 0.1) is 0 Å². The topological polar surface area (TPSA) is 55.5 Å². The molecule has 1 aromatic rings. The van der Waals surface area contributed by atoms with E-state index in [4.69, 9.17) is 10.5 Å². The quantitative estimate of drug-likeness (QED) is 0.742. The van der Waals surface area contributed by atoms with Crippen molar-refractivity contribution in [2.75, 3.05) is 6.61 Å². The van der Waals surface area contributed by atoms with Gasteiger partial charge in [-0.2, -0.15) is 0 Å². The Hall–Kier alpha value is -0.900. The molecule has 0 bridgehead atoms. The minimum absolute atomic E-state index is 0.194. The smallest absolute Gasteiger partial charge is 0.0924 e. The number of hydrogen-bond donors (Lipinski definition) is 2. The van der Waals surface area contributed by atoms with Crippen molar-refractivity contribution in [3.8, 4) is 0 Å². The van der Waals surface area contributed by atoms with Crippen LogP contribution in [0.4, 0.5) is 0 Å². The molecule has 0 saturated carbocycles. The first-order valence-electron chi connectivity index (χ1n) is 5.29. The van der Waals surface area contributed by atoms with Crippen molar-refractivity contribution < 1.29 is 9.84 Å². The van der Waals surface area contributed by atoms with Crippen molar-refractivity contribution in [3.05, 3.63) is 35.9 Å². The number of aliphatic hydroxyl groups is 1. The van der Waals surface area contributed by atoms with Crippen LogP contribution in [0.15, 0.2) is 30.3 Å². The molecule has 0 fully saturated rings. The van der Waals surface area contributed by atoms with Gasteiger partial charge >= 0.3 is 0 Å². The number of aliphatic hydroxyl groups excluding tert-OH is 1. The molecule has 0 radical (unpaired) electrons. The molecule has 2 atom stereocenters. The van der Waals surface area contributed by atoms with E-state index < -0.39 is 6.10 Å². The Bertz CT molecular complexity index is 264. The Morgan fingerprint density at radius 3 is 2.60 bits per heavy atom. The average molecular weight is 209 g/mol. The van der Waals surface area contributed by atoms with Gasteiger partial charge in [0, 0.05) is 6.04 Å². The maximum Gasteiger partial charge on any atom is 0.0924 e. The Balaban J connectivity index is 2.22. The summed E-state index contributed by atoms with van der Waals surface area (Å²) < 4.78 is 5.37. The summed E-state index contributed by atoms with van der Waals surface area (Å²) in [5.74, 6) is 0. The molecule has 0 aliphatic carbocycles. The Morgan fingerprint density at radius 2 is 2.00 bits per heavy atom. The van der Waals surface area contributed by atoms with E-state index in [-0.39, 0.29) is 6.04 Å². The first-order chi connectivity index (χ1) is 7.24. The standard InChI is InChI=1S/C12H19NO2/c1-2-11(13)12(14)9-15-8-10-6-4-3-5-7-10/h3-7,11-12,14H,2,8-9,13H2,1H3/t11-,12-/m0/s1. The third-order valence-corrected chi connectivity index (χ3v) is 2.37. The molecule has 15 heavy (non-hydrogen) atoms. The molecular weight excluding hydrogens is 190 g/mol. The van der Waals surface area contributed by atoms with Crippen molar-refractivity contribution in [1.29, 1.82) is 0 Å². The van der Waals surface area contributed by atoms with Crippen LogP contribution in [0.5, 0.6) is 0 Å². The molecule has 0 saturated heterocycles. The van der Waals surface area contributed by atoms with Crippen LogP contribution < -0.4 is 5.73 Å². The Kier molecular flexibility index (Phi) is 5.32. The largest absolute Gasteiger partial charge is 0.389 e. The predicted octanol–water partition coefficient (Wildman–Crippen LogP) is 1.30. The molecule has 0 aromatic heterocycles. The van der Waals surface area contributed by atoms with Crippen molar-refractivity contribution >= 4 is 0 Å². The summed E-state index contributed by atoms with van der Waals surface area (Å²) in [5, 5.41) is 9.55. The normalized spacial score (nSPS) is 14.9. The van der Waals surface area contributed by atoms with Crippen molar-refractivity contribution in [2.45, 2.75) is 32.1 Å². The van der Waals surface area contributed by atoms with Gasteiger partial charge in [-0.3, -0.25) is 0 Å². The summed E-state index contributed by atoms with van der Waals surface area (Å²) in [7, 11) is 0. The number of rotatable bonds is 6. The van der Waals surface area contributed by atoms with Crippen LogP contribution >= 0.6 is 0 Å². The Labute approximate surface area is 90.9 Å². The molecule has 3 nitrogen and oxygen atoms in total. The van der Waals surface area contributed by atoms with Crippen molar-refractivity contribution in [1.82, 2.24) is 0 Å². The van der Waals surface area contributed by atoms with E-state index in [1.807, 2.05) is 37.3 Å². The number of nitrogens with two attached hydrogens (primary N) is 1. The summed E-state index contributed by atoms with van der Waals surface area (Å²) >= 11 is 0. The number of ether oxygens (including phenoxy) is 1. The molecule has 0 amide bonds. The first-order valence-corrected chi connectivity index (χ1v) is 5.29. The van der Waals surface area contributed by atoms with Crippen molar-refractivity contribution in [3.63, 3.8) is 0 Å². The third kappa shape index (κ3) is 4.42. The van der Waals surface area contributed by atoms with Crippen LogP contribution in [0.1, 0.15) is 18.9 Å². The molecule has 1 aromatic carbocycles. The van der Waals surface area contributed by atoms with E-state index in [0.29, 0.717) is 13.2 Å². The molecule has 1 rings (SSSR count). The van der Waals surface area contributed by atoms with E-state index in [9.17, 15) is 5.11 Å². The second kappa shape index (κ2) is 6.56. The van der Waals surface area contributed by atoms with E-state index in [1.54, 1.807) is 0 Å². The lowest BCUT2D eigenvalue weighted by atomic mass is 10.1. The lowest BCUT2D eigenvalue weighted by Gasteiger charge is -2.16. The lowest BCUT2D eigenvalue weighted by molar-refractivity contribution is 0.0154. The third-order valence-electron chi connectivity index (χ3n) is 2.37. The molecule has 3 N–H and O–H groups in total. The first kappa shape index (κ1) is 12.2. The zero-order valence-electron chi connectivity index (χ0n) is 9.10. The van der Waals surface area contributed by atoms with Crippen LogP contribution in [0.2, 0.25) is 0 Å². The van der Waals surface area contributed by atoms with Gasteiger partial charge in [0.15, 0.2) is 0 Å². The van der Waals surface area contributed by atoms with E-state index in [2.05, 4.69) is 0 Å². The van der Waals surface area contributed by atoms with Crippen LogP contribution in [0.3, 0.4) is 0 Å². The average Bonchev–Trinajstić information content (AvgIpc) is 2.29. The SMILES string of the molecule is CC[C@H](N)[C@@H](O)COCc1ccccc1. The fraction of sp³-hybridized carbons (Fsp3) is 0.500. The predicted molar refractivity (Wildman–Crippen MR) is 60.4 cm³/mol.